The Kier molecular flexibility index (Phi) is 3.44. The van der Waals surface area contributed by atoms with Gasteiger partial charge in [0.25, 0.3) is 0 Å². The predicted octanol–water partition coefficient (Wildman–Crippen LogP) is 2.68. The second-order valence-corrected chi connectivity index (χ2v) is 4.49. The van der Waals surface area contributed by atoms with Gasteiger partial charge in [0.1, 0.15) is 11.6 Å². The van der Waals surface area contributed by atoms with Crippen LogP contribution in [0.25, 0.3) is 0 Å². The van der Waals surface area contributed by atoms with Gasteiger partial charge in [0.2, 0.25) is 0 Å². The summed E-state index contributed by atoms with van der Waals surface area (Å²) in [6, 6.07) is 4.83. The van der Waals surface area contributed by atoms with Crippen LogP contribution in [0.5, 0.6) is 5.75 Å². The number of halogens is 1. The van der Waals surface area contributed by atoms with Crippen molar-refractivity contribution in [3.05, 3.63) is 29.6 Å². The van der Waals surface area contributed by atoms with E-state index in [9.17, 15) is 4.39 Å². The Morgan fingerprint density at radius 1 is 1.56 bits per heavy atom. The van der Waals surface area contributed by atoms with E-state index in [1.807, 2.05) is 6.07 Å². The molecule has 0 amide bonds. The summed E-state index contributed by atoms with van der Waals surface area (Å²) in [6.45, 7) is 3.47. The number of fused-ring (bicyclic) bond motifs is 1. The number of rotatable bonds is 2. The lowest BCUT2D eigenvalue weighted by atomic mass is 9.84. The zero-order valence-corrected chi connectivity index (χ0v) is 9.58. The maximum atomic E-state index is 13.1. The molecular weight excluding hydrogens is 205 g/mol. The molecule has 88 valence electrons. The highest BCUT2D eigenvalue weighted by Gasteiger charge is 2.24. The lowest BCUT2D eigenvalue weighted by molar-refractivity contribution is 0.313. The predicted molar refractivity (Wildman–Crippen MR) is 62.1 cm³/mol. The first-order valence-corrected chi connectivity index (χ1v) is 5.84. The van der Waals surface area contributed by atoms with Gasteiger partial charge >= 0.3 is 0 Å². The molecule has 0 saturated heterocycles. The minimum Gasteiger partial charge on any atom is -0.493 e. The standard InChI is InChI=1S/C13H18FNO/c1-9(8-15)11-3-2-6-16-13-7-10(14)4-5-12(11)13/h4-5,7,9,11H,2-3,6,8,15H2,1H3. The lowest BCUT2D eigenvalue weighted by Gasteiger charge is -2.22. The van der Waals surface area contributed by atoms with Gasteiger partial charge in [-0.2, -0.15) is 0 Å². The van der Waals surface area contributed by atoms with E-state index in [1.54, 1.807) is 0 Å². The second kappa shape index (κ2) is 4.83. The average Bonchev–Trinajstić information content (AvgIpc) is 2.49. The van der Waals surface area contributed by atoms with Crippen LogP contribution in [0.2, 0.25) is 0 Å². The van der Waals surface area contributed by atoms with Crippen LogP contribution in [0.1, 0.15) is 31.2 Å². The van der Waals surface area contributed by atoms with Crippen LogP contribution in [-0.2, 0) is 0 Å². The fraction of sp³-hybridized carbons (Fsp3) is 0.538. The van der Waals surface area contributed by atoms with Gasteiger partial charge in [0, 0.05) is 6.07 Å². The van der Waals surface area contributed by atoms with E-state index in [4.69, 9.17) is 10.5 Å². The van der Waals surface area contributed by atoms with Gasteiger partial charge in [-0.3, -0.25) is 0 Å². The molecule has 1 aromatic rings. The van der Waals surface area contributed by atoms with E-state index < -0.39 is 0 Å². The molecule has 0 saturated carbocycles. The number of hydrogen-bond acceptors (Lipinski definition) is 2. The zero-order valence-electron chi connectivity index (χ0n) is 9.58. The summed E-state index contributed by atoms with van der Waals surface area (Å²) in [6.07, 6.45) is 2.07. The molecule has 2 rings (SSSR count). The van der Waals surface area contributed by atoms with Crippen LogP contribution in [0.3, 0.4) is 0 Å². The lowest BCUT2D eigenvalue weighted by Crippen LogP contribution is -2.19. The van der Waals surface area contributed by atoms with Gasteiger partial charge in [0.15, 0.2) is 0 Å². The van der Waals surface area contributed by atoms with E-state index in [-0.39, 0.29) is 5.82 Å². The van der Waals surface area contributed by atoms with Crippen molar-refractivity contribution in [2.75, 3.05) is 13.2 Å². The highest BCUT2D eigenvalue weighted by molar-refractivity contribution is 5.38. The van der Waals surface area contributed by atoms with Gasteiger partial charge < -0.3 is 10.5 Å². The molecule has 1 heterocycles. The van der Waals surface area contributed by atoms with Crippen molar-refractivity contribution >= 4 is 0 Å². The Labute approximate surface area is 95.6 Å². The normalized spacial score (nSPS) is 21.8. The smallest absolute Gasteiger partial charge is 0.126 e. The van der Waals surface area contributed by atoms with E-state index in [1.165, 1.54) is 12.1 Å². The first-order chi connectivity index (χ1) is 7.72. The third-order valence-electron chi connectivity index (χ3n) is 3.35. The Morgan fingerprint density at radius 2 is 2.38 bits per heavy atom. The Bertz CT molecular complexity index is 367. The number of hydrogen-bond donors (Lipinski definition) is 1. The molecule has 16 heavy (non-hydrogen) atoms. The van der Waals surface area contributed by atoms with Crippen LogP contribution in [0.15, 0.2) is 18.2 Å². The first kappa shape index (κ1) is 11.4. The summed E-state index contributed by atoms with van der Waals surface area (Å²) >= 11 is 0. The molecule has 2 N–H and O–H groups in total. The summed E-state index contributed by atoms with van der Waals surface area (Å²) in [5, 5.41) is 0. The molecular formula is C13H18FNO. The molecule has 1 aliphatic rings. The highest BCUT2D eigenvalue weighted by atomic mass is 19.1. The number of ether oxygens (including phenoxy) is 1. The summed E-state index contributed by atoms with van der Waals surface area (Å²) in [5.74, 6) is 1.26. The molecule has 0 spiro atoms. The van der Waals surface area contributed by atoms with E-state index in [0.717, 1.165) is 18.4 Å². The topological polar surface area (TPSA) is 35.2 Å². The SMILES string of the molecule is CC(CN)C1CCCOc2cc(F)ccc21. The maximum Gasteiger partial charge on any atom is 0.126 e. The van der Waals surface area contributed by atoms with Crippen LogP contribution in [-0.4, -0.2) is 13.2 Å². The summed E-state index contributed by atoms with van der Waals surface area (Å²) in [7, 11) is 0. The van der Waals surface area contributed by atoms with Gasteiger partial charge in [-0.05, 0) is 42.9 Å². The van der Waals surface area contributed by atoms with Crippen molar-refractivity contribution in [1.82, 2.24) is 0 Å². The molecule has 2 unspecified atom stereocenters. The third-order valence-corrected chi connectivity index (χ3v) is 3.35. The minimum atomic E-state index is -0.236. The Balaban J connectivity index is 2.36. The second-order valence-electron chi connectivity index (χ2n) is 4.49. The Hall–Kier alpha value is -1.09. The molecule has 0 fully saturated rings. The molecule has 0 aromatic heterocycles. The van der Waals surface area contributed by atoms with Crippen molar-refractivity contribution in [2.24, 2.45) is 11.7 Å². The van der Waals surface area contributed by atoms with Gasteiger partial charge in [-0.1, -0.05) is 13.0 Å². The first-order valence-electron chi connectivity index (χ1n) is 5.84. The molecule has 0 bridgehead atoms. The molecule has 2 atom stereocenters. The molecule has 1 aromatic carbocycles. The van der Waals surface area contributed by atoms with Crippen molar-refractivity contribution in [3.63, 3.8) is 0 Å². The van der Waals surface area contributed by atoms with E-state index in [2.05, 4.69) is 6.92 Å². The summed E-state index contributed by atoms with van der Waals surface area (Å²) in [5.41, 5.74) is 6.83. The van der Waals surface area contributed by atoms with Crippen molar-refractivity contribution in [2.45, 2.75) is 25.7 Å². The van der Waals surface area contributed by atoms with Crippen LogP contribution in [0.4, 0.5) is 4.39 Å². The van der Waals surface area contributed by atoms with Crippen LogP contribution >= 0.6 is 0 Å². The molecule has 1 aliphatic heterocycles. The van der Waals surface area contributed by atoms with Crippen LogP contribution < -0.4 is 10.5 Å². The summed E-state index contributed by atoms with van der Waals surface area (Å²) in [4.78, 5) is 0. The van der Waals surface area contributed by atoms with E-state index in [0.29, 0.717) is 30.7 Å². The fourth-order valence-corrected chi connectivity index (χ4v) is 2.34. The largest absolute Gasteiger partial charge is 0.493 e. The van der Waals surface area contributed by atoms with E-state index >= 15 is 0 Å². The number of nitrogens with two attached hydrogens (primary N) is 1. The minimum absolute atomic E-state index is 0.236. The maximum absolute atomic E-state index is 13.1. The van der Waals surface area contributed by atoms with Crippen molar-refractivity contribution in [3.8, 4) is 5.75 Å². The molecule has 0 radical (unpaired) electrons. The zero-order chi connectivity index (χ0) is 11.5. The fourth-order valence-electron chi connectivity index (χ4n) is 2.34. The molecule has 2 nitrogen and oxygen atoms in total. The van der Waals surface area contributed by atoms with Crippen LogP contribution in [0, 0.1) is 11.7 Å². The van der Waals surface area contributed by atoms with Crippen molar-refractivity contribution < 1.29 is 9.13 Å². The van der Waals surface area contributed by atoms with Gasteiger partial charge in [-0.15, -0.1) is 0 Å². The number of benzene rings is 1. The highest BCUT2D eigenvalue weighted by Crippen LogP contribution is 2.37. The van der Waals surface area contributed by atoms with Gasteiger partial charge in [-0.25, -0.2) is 4.39 Å². The van der Waals surface area contributed by atoms with Gasteiger partial charge in [0.05, 0.1) is 6.61 Å². The third kappa shape index (κ3) is 2.19. The molecule has 0 aliphatic carbocycles. The summed E-state index contributed by atoms with van der Waals surface area (Å²) < 4.78 is 18.7. The van der Waals surface area contributed by atoms with Crippen molar-refractivity contribution in [1.29, 1.82) is 0 Å². The average molecular weight is 223 g/mol. The monoisotopic (exact) mass is 223 g/mol. The molecule has 3 heteroatoms. The Morgan fingerprint density at radius 3 is 3.12 bits per heavy atom. The quantitative estimate of drug-likeness (QED) is 0.836.